The maximum absolute atomic E-state index is 13.2. The first-order chi connectivity index (χ1) is 8.57. The quantitative estimate of drug-likeness (QED) is 0.535. The molecule has 0 bridgehead atoms. The van der Waals surface area contributed by atoms with Crippen LogP contribution in [-0.4, -0.2) is 21.5 Å². The fourth-order valence-corrected chi connectivity index (χ4v) is 2.83. The first-order valence-electron chi connectivity index (χ1n) is 5.03. The third-order valence-corrected chi connectivity index (χ3v) is 3.58. The Morgan fingerprint density at radius 3 is 2.89 bits per heavy atom. The summed E-state index contributed by atoms with van der Waals surface area (Å²) >= 11 is 6.73. The molecule has 4 nitrogen and oxygen atoms in total. The van der Waals surface area contributed by atoms with Crippen molar-refractivity contribution >= 4 is 50.0 Å². The fourth-order valence-electron chi connectivity index (χ4n) is 1.64. The lowest BCUT2D eigenvalue weighted by molar-refractivity contribution is -0.619. The molecule has 1 aromatic carbocycles. The molecule has 2 heterocycles. The van der Waals surface area contributed by atoms with Crippen molar-refractivity contribution in [2.24, 2.45) is 15.1 Å². The summed E-state index contributed by atoms with van der Waals surface area (Å²) in [5.41, 5.74) is 0.631. The molecule has 0 radical (unpaired) electrons. The molecule has 0 saturated carbocycles. The van der Waals surface area contributed by atoms with Crippen molar-refractivity contribution in [1.82, 2.24) is 0 Å². The van der Waals surface area contributed by atoms with Gasteiger partial charge >= 0.3 is 0 Å². The van der Waals surface area contributed by atoms with E-state index in [0.717, 1.165) is 0 Å². The van der Waals surface area contributed by atoms with Crippen molar-refractivity contribution in [2.75, 3.05) is 0 Å². The molecule has 7 heteroatoms. The number of halogens is 3. The Balaban J connectivity index is 2.08. The monoisotopic (exact) mass is 371 g/mol. The summed E-state index contributed by atoms with van der Waals surface area (Å²) in [7, 11) is 0. The molecule has 18 heavy (non-hydrogen) atoms. The lowest BCUT2D eigenvalue weighted by atomic mass is 10.2. The summed E-state index contributed by atoms with van der Waals surface area (Å²) in [5.74, 6) is 0.774. The van der Waals surface area contributed by atoms with E-state index in [9.17, 15) is 4.39 Å². The van der Waals surface area contributed by atoms with Crippen LogP contribution in [0.5, 0.6) is 0 Å². The van der Waals surface area contributed by atoms with Crippen LogP contribution in [0.15, 0.2) is 50.2 Å². The minimum atomic E-state index is -0.313. The molecule has 1 unspecified atom stereocenters. The Morgan fingerprint density at radius 1 is 1.28 bits per heavy atom. The second-order valence-electron chi connectivity index (χ2n) is 3.72. The summed E-state index contributed by atoms with van der Waals surface area (Å²) in [4.78, 5) is 8.43. The molecule has 3 rings (SSSR count). The molecule has 0 fully saturated rings. The van der Waals surface area contributed by atoms with Gasteiger partial charge in [0.15, 0.2) is 10.8 Å². The molecule has 1 atom stereocenters. The van der Waals surface area contributed by atoms with Gasteiger partial charge in [-0.15, -0.1) is 0 Å². The highest BCUT2D eigenvalue weighted by Crippen LogP contribution is 2.31. The molecule has 0 spiro atoms. The van der Waals surface area contributed by atoms with Gasteiger partial charge in [0.05, 0.1) is 0 Å². The van der Waals surface area contributed by atoms with Gasteiger partial charge in [0.1, 0.15) is 12.0 Å². The van der Waals surface area contributed by atoms with Crippen LogP contribution >= 0.6 is 32.1 Å². The molecule has 2 aliphatic rings. The zero-order valence-electron chi connectivity index (χ0n) is 8.89. The van der Waals surface area contributed by atoms with Gasteiger partial charge in [0, 0.05) is 5.56 Å². The maximum atomic E-state index is 13.2. The number of fused-ring (bicyclic) bond motifs is 1. The van der Waals surface area contributed by atoms with E-state index in [1.165, 1.54) is 12.1 Å². The number of hydrogen-bond acceptors (Lipinski definition) is 3. The van der Waals surface area contributed by atoms with Crippen LogP contribution in [0.4, 0.5) is 4.39 Å². The van der Waals surface area contributed by atoms with Crippen molar-refractivity contribution < 1.29 is 8.01 Å². The van der Waals surface area contributed by atoms with E-state index < -0.39 is 0 Å². The zero-order valence-corrected chi connectivity index (χ0v) is 12.1. The summed E-state index contributed by atoms with van der Waals surface area (Å²) < 4.78 is 13.8. The van der Waals surface area contributed by atoms with E-state index in [-0.39, 0.29) is 9.44 Å². The molecule has 2 aliphatic heterocycles. The van der Waals surface area contributed by atoms with E-state index in [4.69, 9.17) is 0 Å². The SMILES string of the molecule is Fc1cccc(C2=N[N+]3(Br)C=C(Br)N=CC3=N2)c1. The standard InChI is InChI=1S/C11H6Br2FN4/c12-9-6-18(13)10(5-15-9)16-11(17-18)7-2-1-3-8(14)4-7/h1-6H/q+1. The number of rotatable bonds is 1. The molecule has 0 amide bonds. The van der Waals surface area contributed by atoms with Gasteiger partial charge in [0.2, 0.25) is 5.84 Å². The first-order valence-corrected chi connectivity index (χ1v) is 6.53. The smallest absolute Gasteiger partial charge is 0.235 e. The number of benzene rings is 1. The normalized spacial score (nSPS) is 25.4. The molecular weight excluding hydrogens is 367 g/mol. The third-order valence-electron chi connectivity index (χ3n) is 2.45. The van der Waals surface area contributed by atoms with Gasteiger partial charge in [-0.3, -0.25) is 0 Å². The van der Waals surface area contributed by atoms with E-state index in [1.54, 1.807) is 24.5 Å². The Hall–Kier alpha value is -1.18. The second kappa shape index (κ2) is 4.18. The minimum absolute atomic E-state index is 0.00291. The number of aliphatic imine (C=N–C) groups is 2. The number of quaternary nitrogens is 1. The van der Waals surface area contributed by atoms with Gasteiger partial charge in [-0.2, -0.15) is 4.99 Å². The molecule has 90 valence electrons. The first kappa shape index (κ1) is 11.9. The van der Waals surface area contributed by atoms with Gasteiger partial charge in [-0.05, 0) is 33.2 Å². The third kappa shape index (κ3) is 1.98. The van der Waals surface area contributed by atoms with Crippen LogP contribution in [0.25, 0.3) is 0 Å². The average molecular weight is 373 g/mol. The lowest BCUT2D eigenvalue weighted by Crippen LogP contribution is -2.33. The highest BCUT2D eigenvalue weighted by atomic mass is 79.9. The predicted octanol–water partition coefficient (Wildman–Crippen LogP) is 3.30. The highest BCUT2D eigenvalue weighted by molar-refractivity contribution is 9.11. The zero-order chi connectivity index (χ0) is 12.8. The fraction of sp³-hybridized carbons (Fsp3) is 0. The van der Waals surface area contributed by atoms with Gasteiger partial charge in [-0.25, -0.2) is 9.38 Å². The topological polar surface area (TPSA) is 37.1 Å². The van der Waals surface area contributed by atoms with Crippen LogP contribution in [0.3, 0.4) is 0 Å². The number of nitrogens with zero attached hydrogens (tertiary/aromatic N) is 4. The molecule has 0 aromatic heterocycles. The molecule has 0 aliphatic carbocycles. The molecule has 0 saturated heterocycles. The Bertz CT molecular complexity index is 650. The van der Waals surface area contributed by atoms with Crippen molar-refractivity contribution in [2.45, 2.75) is 0 Å². The van der Waals surface area contributed by atoms with Gasteiger partial charge < -0.3 is 0 Å². The average Bonchev–Trinajstić information content (AvgIpc) is 2.65. The highest BCUT2D eigenvalue weighted by Gasteiger charge is 2.40. The van der Waals surface area contributed by atoms with Gasteiger partial charge in [-0.1, -0.05) is 15.8 Å². The van der Waals surface area contributed by atoms with Crippen molar-refractivity contribution in [3.8, 4) is 0 Å². The lowest BCUT2D eigenvalue weighted by Gasteiger charge is -2.15. The van der Waals surface area contributed by atoms with Crippen LogP contribution in [0, 0.1) is 5.82 Å². The van der Waals surface area contributed by atoms with Crippen LogP contribution in [0.1, 0.15) is 5.56 Å². The van der Waals surface area contributed by atoms with Crippen LogP contribution in [-0.2, 0) is 0 Å². The number of hydrogen-bond donors (Lipinski definition) is 0. The largest absolute Gasteiger partial charge is 0.290 e. The molecular formula is C11H6Br2FN4+. The van der Waals surface area contributed by atoms with E-state index in [2.05, 4.69) is 47.2 Å². The van der Waals surface area contributed by atoms with Gasteiger partial charge in [0.25, 0.3) is 22.0 Å². The molecule has 0 N–H and O–H groups in total. The van der Waals surface area contributed by atoms with Crippen molar-refractivity contribution in [3.05, 3.63) is 46.5 Å². The summed E-state index contributed by atoms with van der Waals surface area (Å²) in [5, 5.41) is 4.41. The minimum Gasteiger partial charge on any atom is -0.235 e. The predicted molar refractivity (Wildman–Crippen MR) is 75.1 cm³/mol. The van der Waals surface area contributed by atoms with Crippen molar-refractivity contribution in [1.29, 1.82) is 0 Å². The van der Waals surface area contributed by atoms with E-state index in [0.29, 0.717) is 21.8 Å². The Morgan fingerprint density at radius 2 is 2.11 bits per heavy atom. The summed E-state index contributed by atoms with van der Waals surface area (Å²) in [6.07, 6.45) is 3.35. The van der Waals surface area contributed by atoms with Crippen LogP contribution < -0.4 is 0 Å². The maximum Gasteiger partial charge on any atom is 0.290 e. The van der Waals surface area contributed by atoms with Crippen molar-refractivity contribution in [3.63, 3.8) is 0 Å². The summed E-state index contributed by atoms with van der Waals surface area (Å²) in [6.45, 7) is 0. The second-order valence-corrected chi connectivity index (χ2v) is 5.61. The van der Waals surface area contributed by atoms with E-state index in [1.807, 2.05) is 0 Å². The number of amidine groups is 2. The Kier molecular flexibility index (Phi) is 2.76. The van der Waals surface area contributed by atoms with E-state index >= 15 is 0 Å². The Labute approximate surface area is 119 Å². The van der Waals surface area contributed by atoms with Crippen LogP contribution in [0.2, 0.25) is 0 Å². The molecule has 1 aromatic rings. The summed E-state index contributed by atoms with van der Waals surface area (Å²) in [6, 6.07) is 6.18.